The Morgan fingerprint density at radius 2 is 1.88 bits per heavy atom. The number of carbonyl (C=O) groups is 1. The van der Waals surface area contributed by atoms with Crippen LogP contribution in [0.25, 0.3) is 0 Å². The Morgan fingerprint density at radius 3 is 2.29 bits per heavy atom. The predicted octanol–water partition coefficient (Wildman–Crippen LogP) is 2.17. The largest absolute Gasteiger partial charge is 0.495 e. The number of hydrogen-bond acceptors (Lipinski definition) is 3. The van der Waals surface area contributed by atoms with E-state index < -0.39 is 5.91 Å². The average molecular weight is 253 g/mol. The Balaban J connectivity index is 2.88. The Kier molecular flexibility index (Phi) is 4.17. The van der Waals surface area contributed by atoms with E-state index in [2.05, 4.69) is 13.2 Å². The van der Waals surface area contributed by atoms with E-state index in [0.717, 1.165) is 5.56 Å². The number of nitrogens with zero attached hydrogens (tertiary/aromatic N) is 1. The standard InChI is InChI=1S/C12H13ClN2O2/c1-8(12(14)17)15(9(2)16)7-10-3-5-11(13)6-4-10/h3-6,16H,1-2,7H2,(H2,14,17). The molecule has 1 aromatic carbocycles. The van der Waals surface area contributed by atoms with Gasteiger partial charge in [-0.2, -0.15) is 0 Å². The van der Waals surface area contributed by atoms with E-state index in [-0.39, 0.29) is 18.1 Å². The molecule has 0 aliphatic heterocycles. The monoisotopic (exact) mass is 252 g/mol. The quantitative estimate of drug-likeness (QED) is 0.623. The van der Waals surface area contributed by atoms with Crippen LogP contribution in [0.5, 0.6) is 0 Å². The van der Waals surface area contributed by atoms with Gasteiger partial charge in [-0.25, -0.2) is 0 Å². The van der Waals surface area contributed by atoms with Crippen LogP contribution in [-0.2, 0) is 11.3 Å². The summed E-state index contributed by atoms with van der Waals surface area (Å²) in [4.78, 5) is 12.2. The number of amides is 1. The number of rotatable bonds is 5. The molecule has 0 spiro atoms. The summed E-state index contributed by atoms with van der Waals surface area (Å²) in [5.41, 5.74) is 5.92. The van der Waals surface area contributed by atoms with E-state index >= 15 is 0 Å². The summed E-state index contributed by atoms with van der Waals surface area (Å²) in [5.74, 6) is -1.00. The summed E-state index contributed by atoms with van der Waals surface area (Å²) < 4.78 is 0. The number of nitrogens with two attached hydrogens (primary N) is 1. The number of benzene rings is 1. The van der Waals surface area contributed by atoms with Gasteiger partial charge >= 0.3 is 0 Å². The molecule has 3 N–H and O–H groups in total. The van der Waals surface area contributed by atoms with Crippen LogP contribution in [0.4, 0.5) is 0 Å². The fourth-order valence-electron chi connectivity index (χ4n) is 1.25. The van der Waals surface area contributed by atoms with Gasteiger partial charge in [-0.05, 0) is 24.3 Å². The lowest BCUT2D eigenvalue weighted by atomic mass is 10.2. The lowest BCUT2D eigenvalue weighted by molar-refractivity contribution is -0.116. The van der Waals surface area contributed by atoms with Gasteiger partial charge in [0.2, 0.25) is 0 Å². The van der Waals surface area contributed by atoms with Crippen LogP contribution in [0.3, 0.4) is 0 Å². The van der Waals surface area contributed by atoms with E-state index in [0.29, 0.717) is 5.02 Å². The molecule has 0 heterocycles. The fraction of sp³-hybridized carbons (Fsp3) is 0.0833. The molecule has 0 aromatic heterocycles. The number of primary amides is 1. The van der Waals surface area contributed by atoms with Crippen LogP contribution in [-0.4, -0.2) is 15.9 Å². The summed E-state index contributed by atoms with van der Waals surface area (Å²) in [6.07, 6.45) is 0. The van der Waals surface area contributed by atoms with Crippen LogP contribution < -0.4 is 5.73 Å². The molecule has 0 saturated carbocycles. The van der Waals surface area contributed by atoms with Crippen molar-refractivity contribution in [2.45, 2.75) is 6.54 Å². The van der Waals surface area contributed by atoms with E-state index in [9.17, 15) is 9.90 Å². The van der Waals surface area contributed by atoms with Crippen molar-refractivity contribution in [3.63, 3.8) is 0 Å². The summed E-state index contributed by atoms with van der Waals surface area (Å²) in [7, 11) is 0. The third kappa shape index (κ3) is 3.53. The van der Waals surface area contributed by atoms with E-state index in [4.69, 9.17) is 17.3 Å². The maximum absolute atomic E-state index is 11.0. The number of hydrogen-bond donors (Lipinski definition) is 2. The molecule has 0 radical (unpaired) electrons. The van der Waals surface area contributed by atoms with Crippen molar-refractivity contribution < 1.29 is 9.90 Å². The number of halogens is 1. The minimum atomic E-state index is -0.714. The summed E-state index contributed by atoms with van der Waals surface area (Å²) >= 11 is 5.75. The zero-order chi connectivity index (χ0) is 13.0. The van der Waals surface area contributed by atoms with Gasteiger partial charge in [0, 0.05) is 5.02 Å². The van der Waals surface area contributed by atoms with Gasteiger partial charge in [-0.3, -0.25) is 4.79 Å². The minimum absolute atomic E-state index is 0.0209. The second-order valence-electron chi connectivity index (χ2n) is 3.44. The Bertz CT molecular complexity index is 454. The van der Waals surface area contributed by atoms with Crippen molar-refractivity contribution in [3.8, 4) is 0 Å². The van der Waals surface area contributed by atoms with Crippen LogP contribution in [0.15, 0.2) is 49.0 Å². The number of carbonyl (C=O) groups excluding carboxylic acids is 1. The highest BCUT2D eigenvalue weighted by atomic mass is 35.5. The van der Waals surface area contributed by atoms with Crippen molar-refractivity contribution >= 4 is 17.5 Å². The molecule has 1 rings (SSSR count). The first kappa shape index (κ1) is 13.1. The highest BCUT2D eigenvalue weighted by molar-refractivity contribution is 6.30. The van der Waals surface area contributed by atoms with Crippen molar-refractivity contribution in [2.75, 3.05) is 0 Å². The Morgan fingerprint density at radius 1 is 1.35 bits per heavy atom. The SMILES string of the molecule is C=C(O)N(Cc1ccc(Cl)cc1)C(=C)C(N)=O. The molecular weight excluding hydrogens is 240 g/mol. The normalized spacial score (nSPS) is 9.71. The molecule has 90 valence electrons. The number of aliphatic hydroxyl groups excluding tert-OH is 1. The second-order valence-corrected chi connectivity index (χ2v) is 3.88. The van der Waals surface area contributed by atoms with E-state index in [1.54, 1.807) is 24.3 Å². The van der Waals surface area contributed by atoms with Gasteiger partial charge < -0.3 is 15.7 Å². The summed E-state index contributed by atoms with van der Waals surface area (Å²) in [5, 5.41) is 9.99. The molecular formula is C12H13ClN2O2. The molecule has 0 fully saturated rings. The molecule has 5 heteroatoms. The molecule has 1 amide bonds. The molecule has 17 heavy (non-hydrogen) atoms. The van der Waals surface area contributed by atoms with Gasteiger partial charge in [0.15, 0.2) is 5.88 Å². The first-order chi connectivity index (χ1) is 7.91. The predicted molar refractivity (Wildman–Crippen MR) is 67.1 cm³/mol. The van der Waals surface area contributed by atoms with Crippen molar-refractivity contribution in [1.82, 2.24) is 4.90 Å². The molecule has 0 aliphatic carbocycles. The zero-order valence-corrected chi connectivity index (χ0v) is 9.94. The van der Waals surface area contributed by atoms with Gasteiger partial charge in [0.1, 0.15) is 5.70 Å². The van der Waals surface area contributed by atoms with Gasteiger partial charge in [-0.15, -0.1) is 0 Å². The maximum Gasteiger partial charge on any atom is 0.264 e. The molecule has 4 nitrogen and oxygen atoms in total. The highest BCUT2D eigenvalue weighted by Crippen LogP contribution is 2.16. The van der Waals surface area contributed by atoms with Gasteiger partial charge in [-0.1, -0.05) is 30.3 Å². The number of aliphatic hydroxyl groups is 1. The third-order valence-electron chi connectivity index (χ3n) is 2.18. The highest BCUT2D eigenvalue weighted by Gasteiger charge is 2.15. The second kappa shape index (κ2) is 5.41. The van der Waals surface area contributed by atoms with Gasteiger partial charge in [0.25, 0.3) is 5.91 Å². The first-order valence-corrected chi connectivity index (χ1v) is 5.18. The van der Waals surface area contributed by atoms with Crippen molar-refractivity contribution in [1.29, 1.82) is 0 Å². The lowest BCUT2D eigenvalue weighted by Gasteiger charge is -2.23. The molecule has 1 aromatic rings. The van der Waals surface area contributed by atoms with Crippen LogP contribution in [0.1, 0.15) is 5.56 Å². The Labute approximate surface area is 105 Å². The van der Waals surface area contributed by atoms with Crippen LogP contribution in [0, 0.1) is 0 Å². The smallest absolute Gasteiger partial charge is 0.264 e. The first-order valence-electron chi connectivity index (χ1n) is 4.80. The molecule has 0 saturated heterocycles. The molecule has 0 bridgehead atoms. The topological polar surface area (TPSA) is 66.6 Å². The van der Waals surface area contributed by atoms with Crippen molar-refractivity contribution in [3.05, 3.63) is 59.6 Å². The molecule has 0 aliphatic rings. The molecule has 0 unspecified atom stereocenters. The van der Waals surface area contributed by atoms with Crippen LogP contribution >= 0.6 is 11.6 Å². The van der Waals surface area contributed by atoms with Crippen LogP contribution in [0.2, 0.25) is 5.02 Å². The van der Waals surface area contributed by atoms with Gasteiger partial charge in [0.05, 0.1) is 6.54 Å². The fourth-order valence-corrected chi connectivity index (χ4v) is 1.37. The average Bonchev–Trinajstić information content (AvgIpc) is 2.26. The third-order valence-corrected chi connectivity index (χ3v) is 2.43. The maximum atomic E-state index is 11.0. The summed E-state index contributed by atoms with van der Waals surface area (Å²) in [6.45, 7) is 7.10. The van der Waals surface area contributed by atoms with Crippen molar-refractivity contribution in [2.24, 2.45) is 5.73 Å². The van der Waals surface area contributed by atoms with E-state index in [1.807, 2.05) is 0 Å². The minimum Gasteiger partial charge on any atom is -0.495 e. The molecule has 0 atom stereocenters. The zero-order valence-electron chi connectivity index (χ0n) is 9.19. The Hall–Kier alpha value is -1.94. The van der Waals surface area contributed by atoms with E-state index in [1.165, 1.54) is 4.90 Å². The summed E-state index contributed by atoms with van der Waals surface area (Å²) in [6, 6.07) is 6.96. The lowest BCUT2D eigenvalue weighted by Crippen LogP contribution is -2.29.